The fourth-order valence-electron chi connectivity index (χ4n) is 13.3. The minimum atomic E-state index is -0.587. The van der Waals surface area contributed by atoms with Gasteiger partial charge in [0.2, 0.25) is 0 Å². The average molecular weight is 966 g/mol. The van der Waals surface area contributed by atoms with Gasteiger partial charge in [-0.2, -0.15) is 0 Å². The van der Waals surface area contributed by atoms with Crippen LogP contribution >= 0.6 is 0 Å². The van der Waals surface area contributed by atoms with E-state index in [-0.39, 0.29) is 0 Å². The van der Waals surface area contributed by atoms with Crippen molar-refractivity contribution in [2.24, 2.45) is 0 Å². The van der Waals surface area contributed by atoms with Crippen molar-refractivity contribution in [3.63, 3.8) is 0 Å². The van der Waals surface area contributed by atoms with Crippen LogP contribution in [0, 0.1) is 0 Å². The fourth-order valence-corrected chi connectivity index (χ4v) is 13.3. The van der Waals surface area contributed by atoms with Crippen LogP contribution in [0.25, 0.3) is 99.5 Å². The molecule has 3 heteroatoms. The first-order valence-electron chi connectivity index (χ1n) is 26.3. The summed E-state index contributed by atoms with van der Waals surface area (Å²) < 4.78 is 4.93. The van der Waals surface area contributed by atoms with Gasteiger partial charge in [0.05, 0.1) is 38.9 Å². The van der Waals surface area contributed by atoms with E-state index < -0.39 is 5.41 Å². The molecule has 76 heavy (non-hydrogen) atoms. The molecule has 0 atom stereocenters. The van der Waals surface area contributed by atoms with Crippen LogP contribution in [0.5, 0.6) is 0 Å². The highest BCUT2D eigenvalue weighted by Gasteiger charge is 2.51. The average Bonchev–Trinajstić information content (AvgIpc) is 4.32. The van der Waals surface area contributed by atoms with Crippen molar-refractivity contribution < 1.29 is 0 Å². The molecule has 0 unspecified atom stereocenters. The Balaban J connectivity index is 0.916. The second-order valence-electron chi connectivity index (χ2n) is 20.4. The van der Waals surface area contributed by atoms with Crippen molar-refractivity contribution in [1.29, 1.82) is 0 Å². The van der Waals surface area contributed by atoms with Crippen molar-refractivity contribution in [3.05, 3.63) is 307 Å². The van der Waals surface area contributed by atoms with E-state index in [1.54, 1.807) is 0 Å². The van der Waals surface area contributed by atoms with E-state index in [0.29, 0.717) is 0 Å². The highest BCUT2D eigenvalue weighted by Crippen LogP contribution is 2.62. The van der Waals surface area contributed by atoms with E-state index in [4.69, 9.17) is 0 Å². The monoisotopic (exact) mass is 965 g/mol. The van der Waals surface area contributed by atoms with Crippen LogP contribution in [0.15, 0.2) is 285 Å². The summed E-state index contributed by atoms with van der Waals surface area (Å²) in [6.07, 6.45) is 0. The first kappa shape index (κ1) is 42.5. The molecule has 3 nitrogen and oxygen atoms in total. The standard InChI is InChI=1S/C73H47N3/c1-2-18-48(19-3-1)49-34-36-52(37-35-49)56-20-6-13-29-67(56)74(53-42-38-50(39-43-53)51-40-44-54(45-41-51)75-68-30-14-7-23-59(68)60-24-8-15-31-69(60)75)55-46-62-61-25-9-16-32-70(61)76-71-33-17-12-28-65(71)73(66(47-55)72(62)76)63-26-10-4-21-57(63)58-22-5-11-27-64(58)73/h1-47H. The van der Waals surface area contributed by atoms with Crippen molar-refractivity contribution in [3.8, 4) is 55.9 Å². The van der Waals surface area contributed by atoms with Crippen molar-refractivity contribution >= 4 is 60.7 Å². The Morgan fingerprint density at radius 1 is 0.276 bits per heavy atom. The van der Waals surface area contributed by atoms with E-state index in [1.165, 1.54) is 99.4 Å². The molecule has 0 amide bonds. The molecule has 16 rings (SSSR count). The van der Waals surface area contributed by atoms with Gasteiger partial charge in [-0.05, 0) is 128 Å². The molecule has 1 spiro atoms. The maximum Gasteiger partial charge on any atom is 0.0755 e. The molecular weight excluding hydrogens is 919 g/mol. The fraction of sp³-hybridized carbons (Fsp3) is 0.0137. The molecule has 2 aromatic heterocycles. The molecular formula is C73H47N3. The Hall–Kier alpha value is -9.96. The molecule has 14 aromatic rings. The van der Waals surface area contributed by atoms with Crippen LogP contribution in [0.2, 0.25) is 0 Å². The minimum absolute atomic E-state index is 0.587. The van der Waals surface area contributed by atoms with E-state index in [9.17, 15) is 0 Å². The summed E-state index contributed by atoms with van der Waals surface area (Å²) in [4.78, 5) is 2.51. The Labute approximate surface area is 441 Å². The molecule has 0 saturated heterocycles. The number of anilines is 3. The maximum atomic E-state index is 2.54. The smallest absolute Gasteiger partial charge is 0.0755 e. The number of benzene rings is 12. The first-order chi connectivity index (χ1) is 37.7. The third kappa shape index (κ3) is 6.05. The highest BCUT2D eigenvalue weighted by atomic mass is 15.1. The number of hydrogen-bond donors (Lipinski definition) is 0. The highest BCUT2D eigenvalue weighted by molar-refractivity contribution is 6.15. The van der Waals surface area contributed by atoms with E-state index in [0.717, 1.165) is 39.4 Å². The van der Waals surface area contributed by atoms with Crippen LogP contribution in [-0.4, -0.2) is 9.13 Å². The van der Waals surface area contributed by atoms with Gasteiger partial charge in [-0.3, -0.25) is 0 Å². The summed E-state index contributed by atoms with van der Waals surface area (Å²) in [5.41, 5.74) is 24.7. The normalized spacial score (nSPS) is 12.8. The van der Waals surface area contributed by atoms with Gasteiger partial charge in [-0.15, -0.1) is 0 Å². The molecule has 0 saturated carbocycles. The molecule has 354 valence electrons. The molecule has 0 bridgehead atoms. The second-order valence-corrected chi connectivity index (χ2v) is 20.4. The Bertz CT molecular complexity index is 4520. The lowest BCUT2D eigenvalue weighted by molar-refractivity contribution is 0.748. The number of aromatic nitrogens is 2. The second kappa shape index (κ2) is 16.5. The van der Waals surface area contributed by atoms with Gasteiger partial charge in [0.25, 0.3) is 0 Å². The number of nitrogens with zero attached hydrogens (tertiary/aromatic N) is 3. The Kier molecular flexibility index (Phi) is 9.25. The summed E-state index contributed by atoms with van der Waals surface area (Å²) >= 11 is 0. The van der Waals surface area contributed by atoms with Gasteiger partial charge in [0.1, 0.15) is 0 Å². The van der Waals surface area contributed by atoms with E-state index in [1.807, 2.05) is 0 Å². The lowest BCUT2D eigenvalue weighted by atomic mass is 9.65. The van der Waals surface area contributed by atoms with Gasteiger partial charge in [-0.1, -0.05) is 218 Å². The summed E-state index contributed by atoms with van der Waals surface area (Å²) in [5.74, 6) is 0. The van der Waals surface area contributed by atoms with Crippen LogP contribution < -0.4 is 4.90 Å². The van der Waals surface area contributed by atoms with E-state index >= 15 is 0 Å². The quantitative estimate of drug-likeness (QED) is 0.155. The van der Waals surface area contributed by atoms with Gasteiger partial charge < -0.3 is 14.0 Å². The predicted octanol–water partition coefficient (Wildman–Crippen LogP) is 19.0. The number of rotatable bonds is 7. The van der Waals surface area contributed by atoms with Crippen molar-refractivity contribution in [2.75, 3.05) is 4.90 Å². The number of hydrogen-bond acceptors (Lipinski definition) is 1. The van der Waals surface area contributed by atoms with Gasteiger partial charge >= 0.3 is 0 Å². The summed E-state index contributed by atoms with van der Waals surface area (Å²) in [6.45, 7) is 0. The zero-order valence-corrected chi connectivity index (χ0v) is 41.5. The van der Waals surface area contributed by atoms with E-state index in [2.05, 4.69) is 299 Å². The van der Waals surface area contributed by atoms with Gasteiger partial charge in [0.15, 0.2) is 0 Å². The lowest BCUT2D eigenvalue weighted by Gasteiger charge is -2.40. The molecule has 2 aliphatic rings. The third-order valence-electron chi connectivity index (χ3n) is 16.5. The third-order valence-corrected chi connectivity index (χ3v) is 16.5. The largest absolute Gasteiger partial charge is 0.310 e. The molecule has 12 aromatic carbocycles. The molecule has 3 heterocycles. The van der Waals surface area contributed by atoms with Crippen molar-refractivity contribution in [2.45, 2.75) is 5.41 Å². The van der Waals surface area contributed by atoms with Crippen LogP contribution in [0.3, 0.4) is 0 Å². The lowest BCUT2D eigenvalue weighted by Crippen LogP contribution is -2.33. The maximum absolute atomic E-state index is 2.54. The van der Waals surface area contributed by atoms with Crippen LogP contribution in [0.1, 0.15) is 22.3 Å². The van der Waals surface area contributed by atoms with Gasteiger partial charge in [-0.25, -0.2) is 0 Å². The van der Waals surface area contributed by atoms with Crippen LogP contribution in [0.4, 0.5) is 17.1 Å². The zero-order chi connectivity index (χ0) is 49.9. The summed E-state index contributed by atoms with van der Waals surface area (Å²) in [6, 6.07) is 106. The van der Waals surface area contributed by atoms with Crippen LogP contribution in [-0.2, 0) is 5.41 Å². The van der Waals surface area contributed by atoms with Gasteiger partial charge in [0, 0.05) is 44.2 Å². The number of fused-ring (bicyclic) bond motifs is 15. The molecule has 0 radical (unpaired) electrons. The number of para-hydroxylation sites is 5. The zero-order valence-electron chi connectivity index (χ0n) is 41.5. The molecule has 0 fully saturated rings. The molecule has 0 N–H and O–H groups in total. The Morgan fingerprint density at radius 3 is 1.36 bits per heavy atom. The molecule has 1 aliphatic carbocycles. The Morgan fingerprint density at radius 2 is 0.724 bits per heavy atom. The van der Waals surface area contributed by atoms with Crippen molar-refractivity contribution in [1.82, 2.24) is 9.13 Å². The summed E-state index contributed by atoms with van der Waals surface area (Å²) in [5, 5.41) is 4.99. The predicted molar refractivity (Wildman–Crippen MR) is 317 cm³/mol. The SMILES string of the molecule is c1ccc(-c2ccc(-c3ccccc3N(c3ccc(-c4ccc(-n5c6ccccc6c6ccccc65)cc4)cc3)c3cc4c5c(c3)c3ccccc3n5-c3ccccc3C43c4ccccc4-c4ccccc43)cc2)cc1. The topological polar surface area (TPSA) is 13.1 Å². The first-order valence-corrected chi connectivity index (χ1v) is 26.3. The minimum Gasteiger partial charge on any atom is -0.310 e. The molecule has 1 aliphatic heterocycles. The summed E-state index contributed by atoms with van der Waals surface area (Å²) in [7, 11) is 0.